The lowest BCUT2D eigenvalue weighted by atomic mass is 9.98. The van der Waals surface area contributed by atoms with E-state index in [0.29, 0.717) is 12.5 Å². The van der Waals surface area contributed by atoms with Crippen molar-refractivity contribution in [3.63, 3.8) is 0 Å². The van der Waals surface area contributed by atoms with Crippen LogP contribution in [0.25, 0.3) is 0 Å². The van der Waals surface area contributed by atoms with E-state index in [-0.39, 0.29) is 0 Å². The molecule has 0 heterocycles. The number of nitrogens with two attached hydrogens (primary N) is 1. The Balaban J connectivity index is 1.87. The van der Waals surface area contributed by atoms with Gasteiger partial charge < -0.3 is 10.5 Å². The van der Waals surface area contributed by atoms with Crippen LogP contribution in [0, 0.1) is 12.8 Å². The average molecular weight is 219 g/mol. The van der Waals surface area contributed by atoms with E-state index in [1.165, 1.54) is 24.0 Å². The van der Waals surface area contributed by atoms with E-state index in [1.54, 1.807) is 0 Å². The molecule has 1 fully saturated rings. The zero-order valence-corrected chi connectivity index (χ0v) is 9.99. The third-order valence-corrected chi connectivity index (χ3v) is 3.17. The van der Waals surface area contributed by atoms with Crippen LogP contribution in [0.4, 0.5) is 0 Å². The van der Waals surface area contributed by atoms with Crippen LogP contribution >= 0.6 is 0 Å². The van der Waals surface area contributed by atoms with E-state index in [2.05, 4.69) is 31.2 Å². The van der Waals surface area contributed by atoms with Gasteiger partial charge in [0.05, 0.1) is 6.61 Å². The van der Waals surface area contributed by atoms with Gasteiger partial charge in [0, 0.05) is 19.1 Å². The normalized spacial score (nSPS) is 17.4. The molecule has 1 atom stereocenters. The second-order valence-corrected chi connectivity index (χ2v) is 4.83. The van der Waals surface area contributed by atoms with Crippen molar-refractivity contribution in [3.05, 3.63) is 35.4 Å². The predicted molar refractivity (Wildman–Crippen MR) is 66.5 cm³/mol. The lowest BCUT2D eigenvalue weighted by Gasteiger charge is -2.16. The molecule has 88 valence electrons. The molecule has 1 aliphatic rings. The molecule has 2 nitrogen and oxygen atoms in total. The van der Waals surface area contributed by atoms with Crippen LogP contribution in [0.1, 0.15) is 29.9 Å². The summed E-state index contributed by atoms with van der Waals surface area (Å²) in [4.78, 5) is 0. The summed E-state index contributed by atoms with van der Waals surface area (Å²) in [7, 11) is 0. The summed E-state index contributed by atoms with van der Waals surface area (Å²) in [6.45, 7) is 4.45. The fraction of sp³-hybridized carbons (Fsp3) is 0.571. The van der Waals surface area contributed by atoms with Gasteiger partial charge in [-0.2, -0.15) is 0 Å². The van der Waals surface area contributed by atoms with Crippen LogP contribution in [-0.4, -0.2) is 19.8 Å². The molecule has 0 aromatic heterocycles. The summed E-state index contributed by atoms with van der Waals surface area (Å²) in [5, 5.41) is 0. The molecular formula is C14H21NO. The molecule has 0 aliphatic heterocycles. The minimum absolute atomic E-state index is 0.346. The van der Waals surface area contributed by atoms with Crippen molar-refractivity contribution in [1.29, 1.82) is 0 Å². The van der Waals surface area contributed by atoms with Gasteiger partial charge >= 0.3 is 0 Å². The molecule has 0 saturated heterocycles. The lowest BCUT2D eigenvalue weighted by molar-refractivity contribution is 0.112. The predicted octanol–water partition coefficient (Wildman–Crippen LogP) is 2.46. The number of aryl methyl sites for hydroxylation is 1. The van der Waals surface area contributed by atoms with Crippen molar-refractivity contribution >= 4 is 0 Å². The first-order valence-electron chi connectivity index (χ1n) is 6.14. The number of hydrogen-bond donors (Lipinski definition) is 1. The first-order valence-corrected chi connectivity index (χ1v) is 6.14. The van der Waals surface area contributed by atoms with Crippen LogP contribution in [0.2, 0.25) is 0 Å². The second kappa shape index (κ2) is 5.46. The molecule has 2 heteroatoms. The summed E-state index contributed by atoms with van der Waals surface area (Å²) < 4.78 is 5.72. The van der Waals surface area contributed by atoms with E-state index in [0.717, 1.165) is 19.1 Å². The van der Waals surface area contributed by atoms with E-state index < -0.39 is 0 Å². The largest absolute Gasteiger partial charge is 0.380 e. The van der Waals surface area contributed by atoms with Crippen LogP contribution in [0.15, 0.2) is 24.3 Å². The van der Waals surface area contributed by atoms with Gasteiger partial charge in [-0.1, -0.05) is 29.8 Å². The molecular weight excluding hydrogens is 198 g/mol. The maximum atomic E-state index is 5.81. The van der Waals surface area contributed by atoms with E-state index in [4.69, 9.17) is 10.5 Å². The maximum absolute atomic E-state index is 5.81. The molecule has 16 heavy (non-hydrogen) atoms. The Labute approximate surface area is 97.8 Å². The minimum atomic E-state index is 0.346. The van der Waals surface area contributed by atoms with Crippen molar-refractivity contribution in [2.45, 2.75) is 25.7 Å². The number of hydrogen-bond acceptors (Lipinski definition) is 2. The van der Waals surface area contributed by atoms with Crippen molar-refractivity contribution in [1.82, 2.24) is 0 Å². The van der Waals surface area contributed by atoms with Gasteiger partial charge in [-0.3, -0.25) is 0 Å². The van der Waals surface area contributed by atoms with Gasteiger partial charge in [-0.25, -0.2) is 0 Å². The molecule has 0 radical (unpaired) electrons. The molecule has 0 amide bonds. The van der Waals surface area contributed by atoms with Gasteiger partial charge in [0.15, 0.2) is 0 Å². The van der Waals surface area contributed by atoms with Crippen LogP contribution < -0.4 is 5.73 Å². The summed E-state index contributed by atoms with van der Waals surface area (Å²) >= 11 is 0. The Hall–Kier alpha value is -0.860. The average Bonchev–Trinajstić information content (AvgIpc) is 3.08. The highest BCUT2D eigenvalue weighted by Gasteiger charge is 2.21. The molecule has 2 N–H and O–H groups in total. The first kappa shape index (κ1) is 11.6. The monoisotopic (exact) mass is 219 g/mol. The van der Waals surface area contributed by atoms with E-state index in [9.17, 15) is 0 Å². The van der Waals surface area contributed by atoms with Crippen LogP contribution in [0.3, 0.4) is 0 Å². The molecule has 1 unspecified atom stereocenters. The van der Waals surface area contributed by atoms with Crippen molar-refractivity contribution in [2.75, 3.05) is 19.8 Å². The van der Waals surface area contributed by atoms with Gasteiger partial charge in [0.2, 0.25) is 0 Å². The highest BCUT2D eigenvalue weighted by Crippen LogP contribution is 2.29. The van der Waals surface area contributed by atoms with E-state index >= 15 is 0 Å². The molecule has 1 saturated carbocycles. The SMILES string of the molecule is Cc1cccc(C(CN)COCC2CC2)c1. The number of ether oxygens (including phenoxy) is 1. The highest BCUT2D eigenvalue weighted by atomic mass is 16.5. The molecule has 1 aromatic carbocycles. The Bertz CT molecular complexity index is 333. The Morgan fingerprint density at radius 1 is 1.44 bits per heavy atom. The molecule has 2 rings (SSSR count). The quantitative estimate of drug-likeness (QED) is 0.797. The first-order chi connectivity index (χ1) is 7.79. The minimum Gasteiger partial charge on any atom is -0.380 e. The molecule has 1 aromatic rings. The Kier molecular flexibility index (Phi) is 3.97. The van der Waals surface area contributed by atoms with Crippen LogP contribution in [-0.2, 0) is 4.74 Å². The topological polar surface area (TPSA) is 35.2 Å². The number of rotatable bonds is 6. The van der Waals surface area contributed by atoms with Crippen molar-refractivity contribution in [3.8, 4) is 0 Å². The second-order valence-electron chi connectivity index (χ2n) is 4.83. The zero-order chi connectivity index (χ0) is 11.4. The fourth-order valence-corrected chi connectivity index (χ4v) is 1.89. The summed E-state index contributed by atoms with van der Waals surface area (Å²) in [5.41, 5.74) is 8.40. The van der Waals surface area contributed by atoms with Gasteiger partial charge in [0.1, 0.15) is 0 Å². The molecule has 0 bridgehead atoms. The number of benzene rings is 1. The highest BCUT2D eigenvalue weighted by molar-refractivity contribution is 5.25. The van der Waals surface area contributed by atoms with Crippen molar-refractivity contribution < 1.29 is 4.74 Å². The van der Waals surface area contributed by atoms with Gasteiger partial charge in [-0.05, 0) is 31.2 Å². The van der Waals surface area contributed by atoms with Gasteiger partial charge in [-0.15, -0.1) is 0 Å². The maximum Gasteiger partial charge on any atom is 0.0547 e. The summed E-state index contributed by atoms with van der Waals surface area (Å²) in [6.07, 6.45) is 2.69. The van der Waals surface area contributed by atoms with Crippen LogP contribution in [0.5, 0.6) is 0 Å². The smallest absolute Gasteiger partial charge is 0.0547 e. The summed E-state index contributed by atoms with van der Waals surface area (Å²) in [5.74, 6) is 1.18. The lowest BCUT2D eigenvalue weighted by Crippen LogP contribution is -2.18. The zero-order valence-electron chi connectivity index (χ0n) is 9.99. The molecule has 0 spiro atoms. The Morgan fingerprint density at radius 3 is 2.88 bits per heavy atom. The third kappa shape index (κ3) is 3.32. The third-order valence-electron chi connectivity index (χ3n) is 3.17. The van der Waals surface area contributed by atoms with E-state index in [1.807, 2.05) is 0 Å². The van der Waals surface area contributed by atoms with Crippen molar-refractivity contribution in [2.24, 2.45) is 11.7 Å². The molecule has 1 aliphatic carbocycles. The fourth-order valence-electron chi connectivity index (χ4n) is 1.89. The Morgan fingerprint density at radius 2 is 2.25 bits per heavy atom. The summed E-state index contributed by atoms with van der Waals surface area (Å²) in [6, 6.07) is 8.55. The standard InChI is InChI=1S/C14H21NO/c1-11-3-2-4-13(7-11)14(8-15)10-16-9-12-5-6-12/h2-4,7,12,14H,5-6,8-10,15H2,1H3. The van der Waals surface area contributed by atoms with Gasteiger partial charge in [0.25, 0.3) is 0 Å².